The van der Waals surface area contributed by atoms with Crippen molar-refractivity contribution < 1.29 is 4.74 Å². The van der Waals surface area contributed by atoms with Crippen molar-refractivity contribution in [2.24, 2.45) is 0 Å². The van der Waals surface area contributed by atoms with Crippen molar-refractivity contribution in [1.82, 2.24) is 19.8 Å². The molecule has 2 saturated heterocycles. The summed E-state index contributed by atoms with van der Waals surface area (Å²) in [6.07, 6.45) is 8.04. The Labute approximate surface area is 157 Å². The van der Waals surface area contributed by atoms with Crippen LogP contribution in [0.1, 0.15) is 37.8 Å². The Bertz CT molecular complexity index is 563. The average Bonchev–Trinajstić information content (AvgIpc) is 3.49. The molecule has 1 aromatic rings. The Balaban J connectivity index is 1.28. The molecule has 6 nitrogen and oxygen atoms in total. The molecule has 144 valence electrons. The molecule has 0 unspecified atom stereocenters. The number of likely N-dealkylation sites (tertiary alicyclic amines) is 1. The van der Waals surface area contributed by atoms with Crippen LogP contribution in [0.25, 0.3) is 0 Å². The molecule has 0 N–H and O–H groups in total. The fraction of sp³-hybridized carbons (Fsp3) is 0.800. The minimum absolute atomic E-state index is 0.639. The average molecular weight is 360 g/mol. The van der Waals surface area contributed by atoms with Crippen LogP contribution in [0.4, 0.5) is 5.82 Å². The quantitative estimate of drug-likeness (QED) is 0.773. The van der Waals surface area contributed by atoms with Gasteiger partial charge >= 0.3 is 0 Å². The number of rotatable bonds is 6. The van der Waals surface area contributed by atoms with Gasteiger partial charge in [-0.2, -0.15) is 0 Å². The molecule has 6 heteroatoms. The van der Waals surface area contributed by atoms with Crippen molar-refractivity contribution in [3.63, 3.8) is 0 Å². The fourth-order valence-electron chi connectivity index (χ4n) is 4.33. The second-order valence-electron chi connectivity index (χ2n) is 8.04. The first-order valence-electron chi connectivity index (χ1n) is 10.4. The van der Waals surface area contributed by atoms with Gasteiger partial charge in [-0.15, -0.1) is 0 Å². The topological polar surface area (TPSA) is 44.7 Å². The monoisotopic (exact) mass is 359 g/mol. The molecule has 0 radical (unpaired) electrons. The van der Waals surface area contributed by atoms with E-state index in [1.54, 1.807) is 6.33 Å². The third kappa shape index (κ3) is 4.72. The van der Waals surface area contributed by atoms with E-state index < -0.39 is 0 Å². The highest BCUT2D eigenvalue weighted by molar-refractivity contribution is 5.43. The van der Waals surface area contributed by atoms with E-state index in [2.05, 4.69) is 37.7 Å². The van der Waals surface area contributed by atoms with Gasteiger partial charge in [0.1, 0.15) is 12.1 Å². The summed E-state index contributed by atoms with van der Waals surface area (Å²) in [5.41, 5.74) is 1.07. The molecule has 0 spiro atoms. The van der Waals surface area contributed by atoms with Crippen LogP contribution >= 0.6 is 0 Å². The maximum absolute atomic E-state index is 5.56. The Hall–Kier alpha value is -1.24. The minimum atomic E-state index is 0.639. The number of aromatic nitrogens is 2. The molecule has 0 aromatic carbocycles. The summed E-state index contributed by atoms with van der Waals surface area (Å²) >= 11 is 0. The summed E-state index contributed by atoms with van der Waals surface area (Å²) < 4.78 is 5.56. The molecular formula is C20H33N5O. The number of hydrogen-bond acceptors (Lipinski definition) is 6. The molecule has 0 bridgehead atoms. The predicted octanol–water partition coefficient (Wildman–Crippen LogP) is 1.94. The fourth-order valence-corrected chi connectivity index (χ4v) is 4.33. The molecule has 3 aliphatic rings. The van der Waals surface area contributed by atoms with E-state index in [0.29, 0.717) is 12.1 Å². The summed E-state index contributed by atoms with van der Waals surface area (Å²) in [5, 5.41) is 0. The molecule has 1 saturated carbocycles. The maximum Gasteiger partial charge on any atom is 0.132 e. The van der Waals surface area contributed by atoms with Crippen molar-refractivity contribution in [2.75, 3.05) is 57.4 Å². The van der Waals surface area contributed by atoms with Crippen LogP contribution in [0.3, 0.4) is 0 Å². The predicted molar refractivity (Wildman–Crippen MR) is 104 cm³/mol. The molecule has 1 aromatic heterocycles. The van der Waals surface area contributed by atoms with Gasteiger partial charge in [0, 0.05) is 69.7 Å². The Morgan fingerprint density at radius 1 is 0.962 bits per heavy atom. The van der Waals surface area contributed by atoms with Crippen molar-refractivity contribution in [3.05, 3.63) is 18.1 Å². The van der Waals surface area contributed by atoms with Gasteiger partial charge in [0.15, 0.2) is 0 Å². The summed E-state index contributed by atoms with van der Waals surface area (Å²) in [5.74, 6) is 1.14. The molecule has 2 aliphatic heterocycles. The summed E-state index contributed by atoms with van der Waals surface area (Å²) in [6.45, 7) is 11.0. The summed E-state index contributed by atoms with van der Waals surface area (Å²) in [4.78, 5) is 16.7. The third-order valence-electron chi connectivity index (χ3n) is 5.99. The second-order valence-corrected chi connectivity index (χ2v) is 8.04. The lowest BCUT2D eigenvalue weighted by Crippen LogP contribution is -2.48. The first-order valence-corrected chi connectivity index (χ1v) is 10.4. The SMILES string of the molecule is Cc1cc(N(C2CC2)C2CCN(CCN3CCCOCC3)CC2)ncn1. The number of hydrogen-bond donors (Lipinski definition) is 0. The smallest absolute Gasteiger partial charge is 0.132 e. The summed E-state index contributed by atoms with van der Waals surface area (Å²) in [6, 6.07) is 3.50. The lowest BCUT2D eigenvalue weighted by Gasteiger charge is -2.40. The zero-order valence-corrected chi connectivity index (χ0v) is 16.1. The van der Waals surface area contributed by atoms with Gasteiger partial charge in [-0.25, -0.2) is 9.97 Å². The lowest BCUT2D eigenvalue weighted by molar-refractivity contribution is 0.134. The van der Waals surface area contributed by atoms with E-state index in [0.717, 1.165) is 31.3 Å². The van der Waals surface area contributed by atoms with Crippen LogP contribution in [-0.4, -0.2) is 84.3 Å². The molecule has 3 heterocycles. The van der Waals surface area contributed by atoms with Crippen LogP contribution in [0.2, 0.25) is 0 Å². The molecule has 4 rings (SSSR count). The van der Waals surface area contributed by atoms with E-state index in [4.69, 9.17) is 4.74 Å². The Kier molecular flexibility index (Phi) is 6.02. The molecule has 0 amide bonds. The van der Waals surface area contributed by atoms with E-state index >= 15 is 0 Å². The number of piperidine rings is 1. The van der Waals surface area contributed by atoms with Crippen LogP contribution in [0.15, 0.2) is 12.4 Å². The molecular weight excluding hydrogens is 326 g/mol. The lowest BCUT2D eigenvalue weighted by atomic mass is 10.0. The number of anilines is 1. The highest BCUT2D eigenvalue weighted by atomic mass is 16.5. The van der Waals surface area contributed by atoms with Gasteiger partial charge in [0.05, 0.1) is 6.61 Å². The maximum atomic E-state index is 5.56. The van der Waals surface area contributed by atoms with Gasteiger partial charge in [-0.1, -0.05) is 0 Å². The van der Waals surface area contributed by atoms with E-state index in [1.165, 1.54) is 64.8 Å². The van der Waals surface area contributed by atoms with E-state index in [-0.39, 0.29) is 0 Å². The Morgan fingerprint density at radius 2 is 1.69 bits per heavy atom. The van der Waals surface area contributed by atoms with Crippen LogP contribution in [0, 0.1) is 6.92 Å². The van der Waals surface area contributed by atoms with Gasteiger partial charge < -0.3 is 14.5 Å². The molecule has 0 atom stereocenters. The zero-order valence-electron chi connectivity index (χ0n) is 16.1. The highest BCUT2D eigenvalue weighted by Crippen LogP contribution is 2.35. The first-order chi connectivity index (χ1) is 12.8. The van der Waals surface area contributed by atoms with Gasteiger partial charge in [0.25, 0.3) is 0 Å². The van der Waals surface area contributed by atoms with Crippen LogP contribution in [0.5, 0.6) is 0 Å². The first kappa shape index (κ1) is 18.1. The van der Waals surface area contributed by atoms with Gasteiger partial charge in [-0.3, -0.25) is 4.90 Å². The van der Waals surface area contributed by atoms with Gasteiger partial charge in [-0.05, 0) is 39.0 Å². The second kappa shape index (κ2) is 8.63. The molecule has 3 fully saturated rings. The van der Waals surface area contributed by atoms with E-state index in [9.17, 15) is 0 Å². The largest absolute Gasteiger partial charge is 0.380 e. The molecule has 1 aliphatic carbocycles. The molecule has 26 heavy (non-hydrogen) atoms. The van der Waals surface area contributed by atoms with Gasteiger partial charge in [0.2, 0.25) is 0 Å². The van der Waals surface area contributed by atoms with Crippen LogP contribution < -0.4 is 4.90 Å². The number of aryl methyl sites for hydroxylation is 1. The third-order valence-corrected chi connectivity index (χ3v) is 5.99. The number of ether oxygens (including phenoxy) is 1. The minimum Gasteiger partial charge on any atom is -0.380 e. The van der Waals surface area contributed by atoms with E-state index in [1.807, 2.05) is 0 Å². The highest BCUT2D eigenvalue weighted by Gasteiger charge is 2.36. The van der Waals surface area contributed by atoms with Crippen molar-refractivity contribution in [3.8, 4) is 0 Å². The zero-order chi connectivity index (χ0) is 17.8. The van der Waals surface area contributed by atoms with Crippen molar-refractivity contribution >= 4 is 5.82 Å². The van der Waals surface area contributed by atoms with Crippen molar-refractivity contribution in [1.29, 1.82) is 0 Å². The number of nitrogens with zero attached hydrogens (tertiary/aromatic N) is 5. The standard InChI is InChI=1S/C20H33N5O/c1-17-15-20(22-16-21-17)25(18-3-4-18)19-5-8-24(9-6-19)11-10-23-7-2-13-26-14-12-23/h15-16,18-19H,2-14H2,1H3. The summed E-state index contributed by atoms with van der Waals surface area (Å²) in [7, 11) is 0. The van der Waals surface area contributed by atoms with Crippen molar-refractivity contribution in [2.45, 2.75) is 51.1 Å². The van der Waals surface area contributed by atoms with Crippen LogP contribution in [-0.2, 0) is 4.74 Å². The Morgan fingerprint density at radius 3 is 2.42 bits per heavy atom. The normalized spacial score (nSPS) is 23.7.